The molecular weight excluding hydrogens is 480 g/mol. The van der Waals surface area contributed by atoms with Crippen LogP contribution in [-0.2, 0) is 9.53 Å². The molecule has 1 unspecified atom stereocenters. The van der Waals surface area contributed by atoms with Crippen LogP contribution in [0, 0.1) is 13.8 Å². The van der Waals surface area contributed by atoms with E-state index in [0.29, 0.717) is 16.8 Å². The monoisotopic (exact) mass is 502 g/mol. The minimum absolute atomic E-state index is 0.00652. The highest BCUT2D eigenvalue weighted by molar-refractivity contribution is 7.17. The Kier molecular flexibility index (Phi) is 5.93. The van der Waals surface area contributed by atoms with Gasteiger partial charge in [-0.2, -0.15) is 0 Å². The van der Waals surface area contributed by atoms with Gasteiger partial charge in [-0.3, -0.25) is 14.5 Å². The number of aromatic nitrogens is 1. The summed E-state index contributed by atoms with van der Waals surface area (Å²) in [6.45, 7) is 5.45. The van der Waals surface area contributed by atoms with Gasteiger partial charge < -0.3 is 14.3 Å². The number of hydrogen-bond donors (Lipinski definition) is 1. The number of anilines is 1. The molecule has 0 aliphatic carbocycles. The molecular formula is C27H22N2O6S. The van der Waals surface area contributed by atoms with Crippen molar-refractivity contribution < 1.29 is 28.6 Å². The fourth-order valence-corrected chi connectivity index (χ4v) is 5.18. The Morgan fingerprint density at radius 3 is 2.56 bits per heavy atom. The number of aliphatic hydroxyl groups excluding tert-OH is 1. The lowest BCUT2D eigenvalue weighted by Gasteiger charge is -2.24. The second kappa shape index (κ2) is 9.09. The van der Waals surface area contributed by atoms with Crippen LogP contribution in [0.3, 0.4) is 0 Å². The average molecular weight is 503 g/mol. The molecule has 3 heterocycles. The summed E-state index contributed by atoms with van der Waals surface area (Å²) in [5.41, 5.74) is 2.38. The summed E-state index contributed by atoms with van der Waals surface area (Å²) >= 11 is 0.972. The number of hydrogen-bond acceptors (Lipinski definition) is 8. The van der Waals surface area contributed by atoms with Crippen molar-refractivity contribution in [1.29, 1.82) is 0 Å². The summed E-state index contributed by atoms with van der Waals surface area (Å²) in [6, 6.07) is 15.1. The first kappa shape index (κ1) is 23.5. The van der Waals surface area contributed by atoms with Gasteiger partial charge in [-0.1, -0.05) is 59.4 Å². The average Bonchev–Trinajstić information content (AvgIpc) is 3.53. The zero-order valence-corrected chi connectivity index (χ0v) is 20.6. The van der Waals surface area contributed by atoms with E-state index >= 15 is 0 Å². The number of thiazole rings is 1. The van der Waals surface area contributed by atoms with Gasteiger partial charge in [0, 0.05) is 5.39 Å². The van der Waals surface area contributed by atoms with Crippen molar-refractivity contribution >= 4 is 45.1 Å². The number of carbonyl (C=O) groups is 3. The Bertz CT molecular complexity index is 1510. The Balaban J connectivity index is 1.63. The minimum Gasteiger partial charge on any atom is -0.503 e. The third-order valence-corrected chi connectivity index (χ3v) is 7.08. The summed E-state index contributed by atoms with van der Waals surface area (Å²) in [7, 11) is 0. The second-order valence-corrected chi connectivity index (χ2v) is 9.34. The highest BCUT2D eigenvalue weighted by Gasteiger charge is 2.47. The van der Waals surface area contributed by atoms with E-state index < -0.39 is 29.5 Å². The Hall–Kier alpha value is -4.24. The molecule has 5 rings (SSSR count). The number of para-hydroxylation sites is 1. The Morgan fingerprint density at radius 1 is 1.14 bits per heavy atom. The van der Waals surface area contributed by atoms with Crippen LogP contribution in [0.5, 0.6) is 0 Å². The van der Waals surface area contributed by atoms with Gasteiger partial charge in [0.05, 0.1) is 23.9 Å². The molecule has 0 bridgehead atoms. The lowest BCUT2D eigenvalue weighted by atomic mass is 9.94. The fraction of sp³-hybridized carbons (Fsp3) is 0.185. The maximum absolute atomic E-state index is 13.7. The number of furan rings is 1. The molecule has 182 valence electrons. The number of amides is 1. The van der Waals surface area contributed by atoms with Crippen LogP contribution in [-0.4, -0.2) is 34.4 Å². The van der Waals surface area contributed by atoms with E-state index in [4.69, 9.17) is 9.15 Å². The van der Waals surface area contributed by atoms with E-state index in [1.807, 2.05) is 31.2 Å². The normalized spacial score (nSPS) is 15.7. The van der Waals surface area contributed by atoms with Crippen LogP contribution >= 0.6 is 11.3 Å². The number of aryl methyl sites for hydroxylation is 2. The Labute approximate surface area is 210 Å². The molecule has 9 heteroatoms. The first-order chi connectivity index (χ1) is 17.3. The number of aliphatic hydroxyl groups is 1. The van der Waals surface area contributed by atoms with Gasteiger partial charge in [-0.05, 0) is 38.5 Å². The molecule has 1 aliphatic rings. The SMILES string of the molecule is CCOC(=O)c1sc(N2C(=O)C(O)=C(C(=O)c3cc4ccccc4o3)C2c2ccc(C)cc2)nc1C. The van der Waals surface area contributed by atoms with Crippen LogP contribution < -0.4 is 4.90 Å². The minimum atomic E-state index is -0.973. The molecule has 8 nitrogen and oxygen atoms in total. The maximum atomic E-state index is 13.7. The van der Waals surface area contributed by atoms with E-state index in [1.165, 1.54) is 4.90 Å². The molecule has 0 radical (unpaired) electrons. The number of benzene rings is 2. The number of rotatable bonds is 6. The summed E-state index contributed by atoms with van der Waals surface area (Å²) in [6.07, 6.45) is 0. The van der Waals surface area contributed by atoms with E-state index in [0.717, 1.165) is 22.3 Å². The van der Waals surface area contributed by atoms with Crippen molar-refractivity contribution in [1.82, 2.24) is 4.98 Å². The molecule has 2 aromatic heterocycles. The number of ether oxygens (including phenoxy) is 1. The highest BCUT2D eigenvalue weighted by atomic mass is 32.1. The number of ketones is 1. The van der Waals surface area contributed by atoms with Crippen molar-refractivity contribution in [2.45, 2.75) is 26.8 Å². The molecule has 1 N–H and O–H groups in total. The number of nitrogens with zero attached hydrogens (tertiary/aromatic N) is 2. The lowest BCUT2D eigenvalue weighted by molar-refractivity contribution is -0.117. The van der Waals surface area contributed by atoms with Crippen molar-refractivity contribution in [3.8, 4) is 0 Å². The second-order valence-electron chi connectivity index (χ2n) is 8.36. The molecule has 1 amide bonds. The third kappa shape index (κ3) is 3.87. The molecule has 0 fully saturated rings. The maximum Gasteiger partial charge on any atom is 0.350 e. The van der Waals surface area contributed by atoms with Gasteiger partial charge in [-0.15, -0.1) is 0 Å². The summed E-state index contributed by atoms with van der Waals surface area (Å²) in [5.74, 6) is -2.62. The zero-order chi connectivity index (χ0) is 25.6. The molecule has 1 aliphatic heterocycles. The van der Waals surface area contributed by atoms with E-state index in [2.05, 4.69) is 4.98 Å². The molecule has 36 heavy (non-hydrogen) atoms. The van der Waals surface area contributed by atoms with Crippen molar-refractivity contribution in [3.05, 3.63) is 93.4 Å². The zero-order valence-electron chi connectivity index (χ0n) is 19.8. The number of esters is 1. The van der Waals surface area contributed by atoms with Gasteiger partial charge >= 0.3 is 5.97 Å². The van der Waals surface area contributed by atoms with Gasteiger partial charge in [0.2, 0.25) is 5.78 Å². The summed E-state index contributed by atoms with van der Waals surface area (Å²) < 4.78 is 10.9. The standard InChI is InChI=1S/C27H22N2O6S/c1-4-34-26(33)24-15(3)28-27(36-24)29-21(16-11-9-14(2)10-12-16)20(23(31)25(29)32)22(30)19-13-17-7-5-6-8-18(17)35-19/h5-13,21,31H,4H2,1-3H3. The highest BCUT2D eigenvalue weighted by Crippen LogP contribution is 2.44. The molecule has 4 aromatic rings. The van der Waals surface area contributed by atoms with Crippen LogP contribution in [0.15, 0.2) is 70.3 Å². The molecule has 0 spiro atoms. The molecule has 2 aromatic carbocycles. The first-order valence-electron chi connectivity index (χ1n) is 11.3. The molecule has 1 atom stereocenters. The Morgan fingerprint density at radius 2 is 1.86 bits per heavy atom. The van der Waals surface area contributed by atoms with Gasteiger partial charge in [0.25, 0.3) is 5.91 Å². The fourth-order valence-electron chi connectivity index (χ4n) is 4.20. The molecule has 0 saturated heterocycles. The van der Waals surface area contributed by atoms with Crippen LogP contribution in [0.25, 0.3) is 11.0 Å². The van der Waals surface area contributed by atoms with Crippen molar-refractivity contribution in [2.75, 3.05) is 11.5 Å². The van der Waals surface area contributed by atoms with Gasteiger partial charge in [0.1, 0.15) is 10.5 Å². The largest absolute Gasteiger partial charge is 0.503 e. The topological polar surface area (TPSA) is 110 Å². The predicted molar refractivity (Wildman–Crippen MR) is 134 cm³/mol. The van der Waals surface area contributed by atoms with Gasteiger partial charge in [0.15, 0.2) is 16.7 Å². The summed E-state index contributed by atoms with van der Waals surface area (Å²) in [5, 5.41) is 11.9. The smallest absolute Gasteiger partial charge is 0.350 e. The number of carbonyl (C=O) groups excluding carboxylic acids is 3. The first-order valence-corrected chi connectivity index (χ1v) is 12.1. The van der Waals surface area contributed by atoms with E-state index in [9.17, 15) is 19.5 Å². The number of Topliss-reactive ketones (excluding diaryl/α,β-unsaturated/α-hetero) is 1. The van der Waals surface area contributed by atoms with Crippen molar-refractivity contribution in [3.63, 3.8) is 0 Å². The quantitative estimate of drug-likeness (QED) is 0.275. The van der Waals surface area contributed by atoms with Crippen LogP contribution in [0.1, 0.15) is 50.0 Å². The summed E-state index contributed by atoms with van der Waals surface area (Å²) in [4.78, 5) is 45.4. The van der Waals surface area contributed by atoms with Crippen LogP contribution in [0.2, 0.25) is 0 Å². The lowest BCUT2D eigenvalue weighted by Crippen LogP contribution is -2.31. The third-order valence-electron chi connectivity index (χ3n) is 5.95. The molecule has 0 saturated carbocycles. The number of fused-ring (bicyclic) bond motifs is 1. The van der Waals surface area contributed by atoms with Gasteiger partial charge in [-0.25, -0.2) is 9.78 Å². The van der Waals surface area contributed by atoms with E-state index in [1.54, 1.807) is 44.2 Å². The van der Waals surface area contributed by atoms with Crippen molar-refractivity contribution in [2.24, 2.45) is 0 Å². The van der Waals surface area contributed by atoms with Crippen LogP contribution in [0.4, 0.5) is 5.13 Å². The predicted octanol–water partition coefficient (Wildman–Crippen LogP) is 5.47. The van der Waals surface area contributed by atoms with E-state index in [-0.39, 0.29) is 27.9 Å².